The fraction of sp³-hybridized carbons (Fsp3) is 0.0588. The molecule has 0 unspecified atom stereocenters. The minimum Gasteiger partial charge on any atom is -0.433 e. The molecule has 2 aromatic carbocycles. The van der Waals surface area contributed by atoms with Gasteiger partial charge in [-0.25, -0.2) is 0 Å². The molecule has 0 heterocycles. The van der Waals surface area contributed by atoms with E-state index in [0.29, 0.717) is 6.61 Å². The highest BCUT2D eigenvalue weighted by Crippen LogP contribution is 1.95. The zero-order chi connectivity index (χ0) is 12.5. The zero-order valence-corrected chi connectivity index (χ0v) is 9.89. The van der Waals surface area contributed by atoms with Gasteiger partial charge in [-0.2, -0.15) is 0 Å². The van der Waals surface area contributed by atoms with Crippen molar-refractivity contribution in [2.24, 2.45) is 0 Å². The molecule has 86 valence electrons. The van der Waals surface area contributed by atoms with Crippen molar-refractivity contribution in [3.05, 3.63) is 71.8 Å². The standard InChI is InChI=1S/C17H12O/c1-3-8-16(9-4-1)12-7-14-18-15-13-17-10-5-2-6-11-17/h1-6,8-11H,14H2. The zero-order valence-electron chi connectivity index (χ0n) is 9.89. The highest BCUT2D eigenvalue weighted by atomic mass is 16.5. The Hall–Kier alpha value is -2.64. The van der Waals surface area contributed by atoms with Crippen molar-refractivity contribution in [1.29, 1.82) is 0 Å². The first-order valence-corrected chi connectivity index (χ1v) is 5.67. The lowest BCUT2D eigenvalue weighted by Gasteiger charge is -1.89. The molecule has 0 atom stereocenters. The lowest BCUT2D eigenvalue weighted by molar-refractivity contribution is 0.328. The Morgan fingerprint density at radius 3 is 1.89 bits per heavy atom. The Morgan fingerprint density at radius 2 is 1.28 bits per heavy atom. The summed E-state index contributed by atoms with van der Waals surface area (Å²) in [5.74, 6) is 8.82. The molecule has 1 heteroatoms. The van der Waals surface area contributed by atoms with Crippen LogP contribution in [-0.2, 0) is 4.74 Å². The van der Waals surface area contributed by atoms with Gasteiger partial charge >= 0.3 is 0 Å². The van der Waals surface area contributed by atoms with E-state index in [0.717, 1.165) is 11.1 Å². The van der Waals surface area contributed by atoms with Crippen molar-refractivity contribution in [1.82, 2.24) is 0 Å². The summed E-state index contributed by atoms with van der Waals surface area (Å²) in [6.45, 7) is 0.314. The molecule has 2 rings (SSSR count). The van der Waals surface area contributed by atoms with Gasteiger partial charge in [0, 0.05) is 11.1 Å². The van der Waals surface area contributed by atoms with Crippen molar-refractivity contribution >= 4 is 0 Å². The van der Waals surface area contributed by atoms with Gasteiger partial charge in [-0.15, -0.1) is 0 Å². The van der Waals surface area contributed by atoms with E-state index >= 15 is 0 Å². The molecule has 18 heavy (non-hydrogen) atoms. The highest BCUT2D eigenvalue weighted by Gasteiger charge is 1.82. The molecule has 0 aliphatic carbocycles. The molecule has 0 aromatic heterocycles. The number of benzene rings is 2. The molecule has 0 spiro atoms. The molecule has 0 saturated heterocycles. The van der Waals surface area contributed by atoms with Crippen LogP contribution in [0, 0.1) is 23.9 Å². The summed E-state index contributed by atoms with van der Waals surface area (Å²) in [4.78, 5) is 0. The SMILES string of the molecule is C(#Cc1ccccc1)COC#Cc1ccccc1. The first kappa shape index (κ1) is 11.8. The Kier molecular flexibility index (Phi) is 4.50. The molecule has 0 aliphatic rings. The van der Waals surface area contributed by atoms with Gasteiger partial charge in [0.2, 0.25) is 0 Å². The van der Waals surface area contributed by atoms with Gasteiger partial charge in [0.05, 0.1) is 0 Å². The van der Waals surface area contributed by atoms with E-state index in [1.54, 1.807) is 0 Å². The predicted octanol–water partition coefficient (Wildman–Crippen LogP) is 3.06. The maximum Gasteiger partial charge on any atom is 0.161 e. The minimum atomic E-state index is 0.314. The second-order valence-electron chi connectivity index (χ2n) is 3.55. The summed E-state index contributed by atoms with van der Waals surface area (Å²) in [6, 6.07) is 19.5. The molecule has 0 radical (unpaired) electrons. The summed E-state index contributed by atoms with van der Waals surface area (Å²) < 4.78 is 5.12. The van der Waals surface area contributed by atoms with Crippen LogP contribution in [-0.4, -0.2) is 6.61 Å². The lowest BCUT2D eigenvalue weighted by atomic mass is 10.2. The van der Waals surface area contributed by atoms with Crippen molar-refractivity contribution in [2.45, 2.75) is 0 Å². The normalized spacial score (nSPS) is 8.44. The van der Waals surface area contributed by atoms with Gasteiger partial charge in [-0.1, -0.05) is 48.2 Å². The number of hydrogen-bond acceptors (Lipinski definition) is 1. The third-order valence-electron chi connectivity index (χ3n) is 2.19. The predicted molar refractivity (Wildman–Crippen MR) is 72.6 cm³/mol. The summed E-state index contributed by atoms with van der Waals surface area (Å²) >= 11 is 0. The van der Waals surface area contributed by atoms with Crippen LogP contribution in [0.15, 0.2) is 60.7 Å². The van der Waals surface area contributed by atoms with Crippen LogP contribution < -0.4 is 0 Å². The van der Waals surface area contributed by atoms with Crippen LogP contribution in [0.3, 0.4) is 0 Å². The molecule has 0 fully saturated rings. The van der Waals surface area contributed by atoms with Gasteiger partial charge in [0.25, 0.3) is 0 Å². The number of hydrogen-bond donors (Lipinski definition) is 0. The van der Waals surface area contributed by atoms with Crippen molar-refractivity contribution in [3.63, 3.8) is 0 Å². The van der Waals surface area contributed by atoms with Gasteiger partial charge in [0.15, 0.2) is 6.61 Å². The Morgan fingerprint density at radius 1 is 0.722 bits per heavy atom. The highest BCUT2D eigenvalue weighted by molar-refractivity contribution is 5.34. The van der Waals surface area contributed by atoms with Crippen LogP contribution in [0.1, 0.15) is 11.1 Å². The van der Waals surface area contributed by atoms with E-state index in [9.17, 15) is 0 Å². The molecular formula is C17H12O. The first-order chi connectivity index (χ1) is 8.95. The summed E-state index contributed by atoms with van der Waals surface area (Å²) in [6.07, 6.45) is 2.64. The van der Waals surface area contributed by atoms with Crippen molar-refractivity contribution in [3.8, 4) is 23.9 Å². The van der Waals surface area contributed by atoms with Crippen molar-refractivity contribution < 1.29 is 4.74 Å². The lowest BCUT2D eigenvalue weighted by Crippen LogP contribution is -1.83. The van der Waals surface area contributed by atoms with Crippen LogP contribution in [0.4, 0.5) is 0 Å². The second-order valence-corrected chi connectivity index (χ2v) is 3.55. The van der Waals surface area contributed by atoms with Crippen LogP contribution in [0.5, 0.6) is 0 Å². The first-order valence-electron chi connectivity index (χ1n) is 5.67. The van der Waals surface area contributed by atoms with Crippen LogP contribution in [0.25, 0.3) is 0 Å². The summed E-state index contributed by atoms with van der Waals surface area (Å²) in [7, 11) is 0. The number of ether oxygens (including phenoxy) is 1. The smallest absolute Gasteiger partial charge is 0.161 e. The molecule has 0 aliphatic heterocycles. The minimum absolute atomic E-state index is 0.314. The largest absolute Gasteiger partial charge is 0.433 e. The molecule has 0 N–H and O–H groups in total. The molecular weight excluding hydrogens is 220 g/mol. The van der Waals surface area contributed by atoms with E-state index in [4.69, 9.17) is 4.74 Å². The van der Waals surface area contributed by atoms with E-state index in [1.807, 2.05) is 60.7 Å². The Balaban J connectivity index is 1.81. The van der Waals surface area contributed by atoms with E-state index in [1.165, 1.54) is 0 Å². The van der Waals surface area contributed by atoms with Crippen LogP contribution >= 0.6 is 0 Å². The average Bonchev–Trinajstić information content (AvgIpc) is 2.45. The summed E-state index contributed by atoms with van der Waals surface area (Å²) in [5, 5.41) is 0. The fourth-order valence-electron chi connectivity index (χ4n) is 1.35. The van der Waals surface area contributed by atoms with E-state index in [-0.39, 0.29) is 0 Å². The quantitative estimate of drug-likeness (QED) is 0.542. The van der Waals surface area contributed by atoms with Crippen LogP contribution in [0.2, 0.25) is 0 Å². The maximum atomic E-state index is 5.12. The number of rotatable bonds is 1. The summed E-state index contributed by atoms with van der Waals surface area (Å²) in [5.41, 5.74) is 1.92. The van der Waals surface area contributed by atoms with Gasteiger partial charge in [-0.05, 0) is 30.2 Å². The molecule has 0 saturated carbocycles. The topological polar surface area (TPSA) is 9.23 Å². The second kappa shape index (κ2) is 6.84. The average molecular weight is 232 g/mol. The monoisotopic (exact) mass is 232 g/mol. The maximum absolute atomic E-state index is 5.12. The van der Waals surface area contributed by atoms with E-state index < -0.39 is 0 Å². The third-order valence-corrected chi connectivity index (χ3v) is 2.19. The third kappa shape index (κ3) is 4.08. The molecule has 1 nitrogen and oxygen atoms in total. The fourth-order valence-corrected chi connectivity index (χ4v) is 1.35. The Bertz CT molecular complexity index is 535. The van der Waals surface area contributed by atoms with Gasteiger partial charge < -0.3 is 4.74 Å². The molecule has 2 aromatic rings. The Labute approximate surface area is 107 Å². The van der Waals surface area contributed by atoms with Gasteiger partial charge in [0.1, 0.15) is 6.11 Å². The molecule has 0 amide bonds. The van der Waals surface area contributed by atoms with Gasteiger partial charge in [-0.3, -0.25) is 0 Å². The van der Waals surface area contributed by atoms with E-state index in [2.05, 4.69) is 23.9 Å². The molecule has 0 bridgehead atoms. The van der Waals surface area contributed by atoms with Crippen molar-refractivity contribution in [2.75, 3.05) is 6.61 Å².